The molecule has 1 aliphatic carbocycles. The molecule has 1 saturated heterocycles. The van der Waals surface area contributed by atoms with Crippen molar-refractivity contribution in [2.45, 2.75) is 38.5 Å². The van der Waals surface area contributed by atoms with Crippen molar-refractivity contribution in [2.24, 2.45) is 11.8 Å². The molecule has 0 bridgehead atoms. The van der Waals surface area contributed by atoms with Crippen LogP contribution in [0, 0.1) is 11.8 Å². The summed E-state index contributed by atoms with van der Waals surface area (Å²) in [7, 11) is 0. The van der Waals surface area contributed by atoms with E-state index in [1.54, 1.807) is 0 Å². The molecule has 9 heteroatoms. The van der Waals surface area contributed by atoms with Crippen molar-refractivity contribution in [2.75, 3.05) is 11.9 Å². The van der Waals surface area contributed by atoms with Gasteiger partial charge in [-0.15, -0.1) is 13.2 Å². The van der Waals surface area contributed by atoms with Crippen LogP contribution in [0.1, 0.15) is 32.1 Å². The van der Waals surface area contributed by atoms with Crippen LogP contribution >= 0.6 is 0 Å². The van der Waals surface area contributed by atoms with E-state index < -0.39 is 18.0 Å². The Morgan fingerprint density at radius 2 is 1.78 bits per heavy atom. The number of hydrogen-bond acceptors (Lipinski definition) is 4. The lowest BCUT2D eigenvalue weighted by molar-refractivity contribution is -0.274. The molecule has 0 spiro atoms. The maximum absolute atomic E-state index is 12.3. The number of anilines is 1. The van der Waals surface area contributed by atoms with Crippen molar-refractivity contribution in [3.8, 4) is 5.75 Å². The fraction of sp³-hybridized carbons (Fsp3) is 0.500. The first-order valence-electron chi connectivity index (χ1n) is 8.75. The van der Waals surface area contributed by atoms with Crippen LogP contribution in [0.4, 0.5) is 18.9 Å². The second-order valence-corrected chi connectivity index (χ2v) is 6.70. The minimum Gasteiger partial charge on any atom is -0.406 e. The molecular formula is C18H19F3N2O4. The van der Waals surface area contributed by atoms with E-state index in [9.17, 15) is 27.6 Å². The Kier molecular flexibility index (Phi) is 5.38. The number of carbonyl (C=O) groups excluding carboxylic acids is 3. The van der Waals surface area contributed by atoms with Gasteiger partial charge in [0.25, 0.3) is 0 Å². The van der Waals surface area contributed by atoms with E-state index >= 15 is 0 Å². The fourth-order valence-electron chi connectivity index (χ4n) is 3.66. The van der Waals surface area contributed by atoms with Crippen molar-refractivity contribution in [3.63, 3.8) is 0 Å². The Hall–Kier alpha value is -2.58. The Bertz CT molecular complexity index is 726. The highest BCUT2D eigenvalue weighted by atomic mass is 19.4. The third-order valence-electron chi connectivity index (χ3n) is 4.85. The Balaban J connectivity index is 1.55. The van der Waals surface area contributed by atoms with Gasteiger partial charge in [0.15, 0.2) is 0 Å². The van der Waals surface area contributed by atoms with Crippen molar-refractivity contribution in [1.29, 1.82) is 0 Å². The van der Waals surface area contributed by atoms with Crippen LogP contribution in [0.15, 0.2) is 24.3 Å². The van der Waals surface area contributed by atoms with Crippen LogP contribution in [0.3, 0.4) is 0 Å². The fourth-order valence-corrected chi connectivity index (χ4v) is 3.66. The van der Waals surface area contributed by atoms with Gasteiger partial charge in [-0.25, -0.2) is 0 Å². The summed E-state index contributed by atoms with van der Waals surface area (Å²) >= 11 is 0. The van der Waals surface area contributed by atoms with Crippen LogP contribution in [-0.2, 0) is 14.4 Å². The van der Waals surface area contributed by atoms with E-state index in [4.69, 9.17) is 0 Å². The zero-order chi connectivity index (χ0) is 19.6. The number of likely N-dealkylation sites (tertiary alicyclic amines) is 1. The van der Waals surface area contributed by atoms with Crippen LogP contribution in [-0.4, -0.2) is 35.5 Å². The van der Waals surface area contributed by atoms with Crippen LogP contribution in [0.2, 0.25) is 0 Å². The van der Waals surface area contributed by atoms with Gasteiger partial charge in [0.2, 0.25) is 17.7 Å². The van der Waals surface area contributed by atoms with E-state index in [-0.39, 0.29) is 42.3 Å². The maximum Gasteiger partial charge on any atom is 0.573 e. The number of benzene rings is 1. The standard InChI is InChI=1S/C18H19F3N2O4/c19-18(20,21)27-12-5-3-4-11(10-12)22-15(24)8-9-23-16(25)13-6-1-2-7-14(13)17(23)26/h3-5,10,13-14H,1-2,6-9H2,(H,22,24). The largest absolute Gasteiger partial charge is 0.573 e. The number of alkyl halides is 3. The van der Waals surface area contributed by atoms with Gasteiger partial charge in [-0.2, -0.15) is 0 Å². The van der Waals surface area contributed by atoms with Crippen molar-refractivity contribution >= 4 is 23.4 Å². The summed E-state index contributed by atoms with van der Waals surface area (Å²) in [5.74, 6) is -1.95. The number of nitrogens with one attached hydrogen (secondary N) is 1. The predicted molar refractivity (Wildman–Crippen MR) is 88.5 cm³/mol. The summed E-state index contributed by atoms with van der Waals surface area (Å²) in [4.78, 5) is 37.9. The molecule has 27 heavy (non-hydrogen) atoms. The van der Waals surface area contributed by atoms with E-state index in [1.807, 2.05) is 0 Å². The molecule has 0 aromatic heterocycles. The monoisotopic (exact) mass is 384 g/mol. The molecule has 146 valence electrons. The normalized spacial score (nSPS) is 22.6. The number of imide groups is 1. The summed E-state index contributed by atoms with van der Waals surface area (Å²) in [6.45, 7) is -0.0325. The van der Waals surface area contributed by atoms with Gasteiger partial charge in [0, 0.05) is 24.7 Å². The second kappa shape index (κ2) is 7.58. The lowest BCUT2D eigenvalue weighted by Gasteiger charge is -2.19. The third kappa shape index (κ3) is 4.58. The topological polar surface area (TPSA) is 75.7 Å². The van der Waals surface area contributed by atoms with Crippen LogP contribution in [0.5, 0.6) is 5.75 Å². The highest BCUT2D eigenvalue weighted by Gasteiger charge is 2.47. The van der Waals surface area contributed by atoms with E-state index in [0.717, 1.165) is 29.9 Å². The number of ether oxygens (including phenoxy) is 1. The lowest BCUT2D eigenvalue weighted by Crippen LogP contribution is -2.34. The number of rotatable bonds is 5. The molecule has 1 N–H and O–H groups in total. The van der Waals surface area contributed by atoms with Gasteiger partial charge in [0.1, 0.15) is 5.75 Å². The number of fused-ring (bicyclic) bond motifs is 1. The molecule has 2 aliphatic rings. The SMILES string of the molecule is O=C(CCN1C(=O)C2CCCCC2C1=O)Nc1cccc(OC(F)(F)F)c1. The van der Waals surface area contributed by atoms with Crippen molar-refractivity contribution in [3.05, 3.63) is 24.3 Å². The average molecular weight is 384 g/mol. The van der Waals surface area contributed by atoms with Gasteiger partial charge in [-0.1, -0.05) is 18.9 Å². The lowest BCUT2D eigenvalue weighted by atomic mass is 9.81. The van der Waals surface area contributed by atoms with E-state index in [1.165, 1.54) is 12.1 Å². The van der Waals surface area contributed by atoms with Gasteiger partial charge < -0.3 is 10.1 Å². The molecular weight excluding hydrogens is 365 g/mol. The summed E-state index contributed by atoms with van der Waals surface area (Å²) in [5, 5.41) is 2.45. The maximum atomic E-state index is 12.3. The van der Waals surface area contributed by atoms with Gasteiger partial charge in [-0.05, 0) is 25.0 Å². The molecule has 2 fully saturated rings. The minimum atomic E-state index is -4.82. The molecule has 3 rings (SSSR count). The zero-order valence-corrected chi connectivity index (χ0v) is 14.4. The molecule has 1 saturated carbocycles. The highest BCUT2D eigenvalue weighted by molar-refractivity contribution is 6.05. The molecule has 1 heterocycles. The Labute approximate surface area is 153 Å². The predicted octanol–water partition coefficient (Wildman–Crippen LogP) is 3.09. The molecule has 0 radical (unpaired) electrons. The molecule has 2 atom stereocenters. The number of hydrogen-bond donors (Lipinski definition) is 1. The molecule has 1 aromatic carbocycles. The first-order valence-corrected chi connectivity index (χ1v) is 8.75. The first-order chi connectivity index (χ1) is 12.7. The number of carbonyl (C=O) groups is 3. The average Bonchev–Trinajstić information content (AvgIpc) is 2.83. The van der Waals surface area contributed by atoms with E-state index in [2.05, 4.69) is 10.1 Å². The number of halogens is 3. The summed E-state index contributed by atoms with van der Waals surface area (Å²) < 4.78 is 40.5. The van der Waals surface area contributed by atoms with Crippen LogP contribution < -0.4 is 10.1 Å². The Morgan fingerprint density at radius 3 is 2.37 bits per heavy atom. The smallest absolute Gasteiger partial charge is 0.406 e. The van der Waals surface area contributed by atoms with Crippen molar-refractivity contribution < 1.29 is 32.3 Å². The molecule has 2 unspecified atom stereocenters. The van der Waals surface area contributed by atoms with Gasteiger partial charge in [0.05, 0.1) is 11.8 Å². The summed E-state index contributed by atoms with van der Waals surface area (Å²) in [6.07, 6.45) is -1.71. The Morgan fingerprint density at radius 1 is 1.15 bits per heavy atom. The third-order valence-corrected chi connectivity index (χ3v) is 4.85. The van der Waals surface area contributed by atoms with Crippen LogP contribution in [0.25, 0.3) is 0 Å². The van der Waals surface area contributed by atoms with E-state index in [0.29, 0.717) is 12.8 Å². The number of amides is 3. The summed E-state index contributed by atoms with van der Waals surface area (Å²) in [6, 6.07) is 4.90. The molecule has 1 aromatic rings. The molecule has 1 aliphatic heterocycles. The zero-order valence-electron chi connectivity index (χ0n) is 14.4. The first kappa shape index (κ1) is 19.2. The second-order valence-electron chi connectivity index (χ2n) is 6.70. The van der Waals surface area contributed by atoms with Crippen molar-refractivity contribution in [1.82, 2.24) is 4.90 Å². The molecule has 3 amide bonds. The van der Waals surface area contributed by atoms with Gasteiger partial charge >= 0.3 is 6.36 Å². The number of nitrogens with zero attached hydrogens (tertiary/aromatic N) is 1. The summed E-state index contributed by atoms with van der Waals surface area (Å²) in [5.41, 5.74) is 0.134. The molecule has 6 nitrogen and oxygen atoms in total. The minimum absolute atomic E-state index is 0.0325. The highest BCUT2D eigenvalue weighted by Crippen LogP contribution is 2.38. The van der Waals surface area contributed by atoms with Gasteiger partial charge in [-0.3, -0.25) is 19.3 Å². The quantitative estimate of drug-likeness (QED) is 0.792.